The van der Waals surface area contributed by atoms with Crippen LogP contribution in [0, 0.1) is 5.92 Å². The van der Waals surface area contributed by atoms with Crippen molar-refractivity contribution < 1.29 is 4.79 Å². The molecular formula is C22H27N5O2. The number of piperidine rings is 1. The van der Waals surface area contributed by atoms with Crippen LogP contribution in [0.15, 0.2) is 41.3 Å². The zero-order valence-corrected chi connectivity index (χ0v) is 16.9. The average molecular weight is 393 g/mol. The second-order valence-corrected chi connectivity index (χ2v) is 7.99. The summed E-state index contributed by atoms with van der Waals surface area (Å²) in [6, 6.07) is 9.03. The van der Waals surface area contributed by atoms with Gasteiger partial charge in [-0.2, -0.15) is 0 Å². The molecule has 0 radical (unpaired) electrons. The molecule has 1 amide bonds. The fraction of sp³-hybridized carbons (Fsp3) is 0.409. The summed E-state index contributed by atoms with van der Waals surface area (Å²) in [4.78, 5) is 37.5. The molecule has 4 rings (SSSR count). The van der Waals surface area contributed by atoms with E-state index in [0.717, 1.165) is 42.4 Å². The number of rotatable bonds is 5. The highest BCUT2D eigenvalue weighted by molar-refractivity contribution is 5.88. The highest BCUT2D eigenvalue weighted by atomic mass is 16.1. The van der Waals surface area contributed by atoms with Gasteiger partial charge >= 0.3 is 0 Å². The summed E-state index contributed by atoms with van der Waals surface area (Å²) in [6.45, 7) is 5.87. The minimum atomic E-state index is -0.350. The predicted octanol–water partition coefficient (Wildman–Crippen LogP) is 2.91. The van der Waals surface area contributed by atoms with E-state index in [1.807, 2.05) is 37.4 Å². The number of hydrogen-bond acceptors (Lipinski definition) is 4. The number of para-hydroxylation sites is 1. The van der Waals surface area contributed by atoms with Crippen molar-refractivity contribution >= 4 is 22.8 Å². The van der Waals surface area contributed by atoms with E-state index in [9.17, 15) is 9.59 Å². The molecule has 7 heteroatoms. The average Bonchev–Trinajstić information content (AvgIpc) is 3.11. The minimum absolute atomic E-state index is 0.0994. The Morgan fingerprint density at radius 1 is 1.31 bits per heavy atom. The summed E-state index contributed by atoms with van der Waals surface area (Å²) in [7, 11) is 0. The number of amides is 1. The molecule has 1 aliphatic rings. The van der Waals surface area contributed by atoms with Gasteiger partial charge in [-0.25, -0.2) is 4.98 Å². The van der Waals surface area contributed by atoms with Crippen molar-refractivity contribution in [3.63, 3.8) is 0 Å². The molecule has 29 heavy (non-hydrogen) atoms. The fourth-order valence-electron chi connectivity index (χ4n) is 3.87. The highest BCUT2D eigenvalue weighted by Crippen LogP contribution is 2.21. The van der Waals surface area contributed by atoms with Crippen LogP contribution in [-0.2, 0) is 11.2 Å². The summed E-state index contributed by atoms with van der Waals surface area (Å²) < 4.78 is 0. The molecule has 0 bridgehead atoms. The zero-order chi connectivity index (χ0) is 20.4. The van der Waals surface area contributed by atoms with Crippen LogP contribution >= 0.6 is 0 Å². The Balaban J connectivity index is 1.45. The van der Waals surface area contributed by atoms with E-state index in [1.54, 1.807) is 0 Å². The number of hydrogen-bond donors (Lipinski definition) is 3. The van der Waals surface area contributed by atoms with Gasteiger partial charge in [0.05, 0.1) is 18.2 Å². The van der Waals surface area contributed by atoms with Crippen molar-refractivity contribution in [1.29, 1.82) is 0 Å². The van der Waals surface area contributed by atoms with Gasteiger partial charge in [-0.3, -0.25) is 14.6 Å². The number of fused-ring (bicyclic) bond motifs is 1. The number of nitrogens with one attached hydrogen (secondary N) is 3. The molecule has 1 saturated heterocycles. The largest absolute Gasteiger partial charge is 0.361 e. The molecule has 1 fully saturated rings. The first-order chi connectivity index (χ1) is 14.0. The quantitative estimate of drug-likeness (QED) is 0.621. The molecule has 3 N–H and O–H groups in total. The number of anilines is 1. The maximum absolute atomic E-state index is 12.6. The molecular weight excluding hydrogens is 366 g/mol. The van der Waals surface area contributed by atoms with Gasteiger partial charge < -0.3 is 15.2 Å². The molecule has 152 valence electrons. The Morgan fingerprint density at radius 2 is 2.07 bits per heavy atom. The third kappa shape index (κ3) is 4.34. The summed E-state index contributed by atoms with van der Waals surface area (Å²) in [5, 5.41) is 4.02. The third-order valence-electron chi connectivity index (χ3n) is 5.68. The van der Waals surface area contributed by atoms with Crippen LogP contribution in [0.1, 0.15) is 44.0 Å². The van der Waals surface area contributed by atoms with E-state index in [0.29, 0.717) is 17.6 Å². The lowest BCUT2D eigenvalue weighted by atomic mass is 10.00. The lowest BCUT2D eigenvalue weighted by molar-refractivity contribution is -0.121. The van der Waals surface area contributed by atoms with Crippen LogP contribution in [0.4, 0.5) is 5.95 Å². The maximum Gasteiger partial charge on any atom is 0.252 e. The molecule has 0 aliphatic carbocycles. The first kappa shape index (κ1) is 19.2. The molecule has 7 nitrogen and oxygen atoms in total. The molecule has 3 aromatic rings. The molecule has 3 heterocycles. The molecule has 1 atom stereocenters. The van der Waals surface area contributed by atoms with E-state index in [-0.39, 0.29) is 23.9 Å². The van der Waals surface area contributed by atoms with Crippen LogP contribution in [0.5, 0.6) is 0 Å². The normalized spacial score (nSPS) is 16.1. The van der Waals surface area contributed by atoms with E-state index in [2.05, 4.69) is 32.1 Å². The first-order valence-electron chi connectivity index (χ1n) is 10.2. The molecule has 0 spiro atoms. The SMILES string of the molecule is CC1CCN(c2nc([C@H](C)NC(=O)Cc3c[nH]c4ccccc34)cc(=O)[nH]2)CC1. The van der Waals surface area contributed by atoms with Gasteiger partial charge in [-0.1, -0.05) is 25.1 Å². The topological polar surface area (TPSA) is 93.9 Å². The van der Waals surface area contributed by atoms with Crippen LogP contribution in [0.3, 0.4) is 0 Å². The van der Waals surface area contributed by atoms with Gasteiger partial charge in [-0.05, 0) is 37.3 Å². The second-order valence-electron chi connectivity index (χ2n) is 7.99. The van der Waals surface area contributed by atoms with Crippen molar-refractivity contribution in [3.05, 3.63) is 58.1 Å². The minimum Gasteiger partial charge on any atom is -0.361 e. The standard InChI is InChI=1S/C22H27N5O2/c1-14-7-9-27(10-8-14)22-25-19(12-21(29)26-22)15(2)24-20(28)11-16-13-23-18-6-4-3-5-17(16)18/h3-6,12-15,23H,7-11H2,1-2H3,(H,24,28)(H,25,26,29)/t15-/m0/s1. The number of carbonyl (C=O) groups is 1. The van der Waals surface area contributed by atoms with Crippen LogP contribution < -0.4 is 15.8 Å². The zero-order valence-electron chi connectivity index (χ0n) is 16.9. The van der Waals surface area contributed by atoms with Crippen LogP contribution in [-0.4, -0.2) is 33.9 Å². The Kier molecular flexibility index (Phi) is 5.38. The Labute approximate surface area is 169 Å². The number of benzene rings is 1. The van der Waals surface area contributed by atoms with E-state index >= 15 is 0 Å². The maximum atomic E-state index is 12.6. The predicted molar refractivity (Wildman–Crippen MR) is 114 cm³/mol. The van der Waals surface area contributed by atoms with Crippen molar-refractivity contribution in [2.45, 2.75) is 39.2 Å². The summed E-state index contributed by atoms with van der Waals surface area (Å²) in [5.74, 6) is 1.19. The highest BCUT2D eigenvalue weighted by Gasteiger charge is 2.20. The Morgan fingerprint density at radius 3 is 2.86 bits per heavy atom. The number of nitrogens with zero attached hydrogens (tertiary/aromatic N) is 2. The number of aromatic amines is 2. The number of aromatic nitrogens is 3. The van der Waals surface area contributed by atoms with Crippen molar-refractivity contribution in [1.82, 2.24) is 20.3 Å². The molecule has 1 aliphatic heterocycles. The monoisotopic (exact) mass is 393 g/mol. The second kappa shape index (κ2) is 8.11. The molecule has 0 saturated carbocycles. The summed E-state index contributed by atoms with van der Waals surface area (Å²) >= 11 is 0. The lowest BCUT2D eigenvalue weighted by Gasteiger charge is -2.31. The molecule has 0 unspecified atom stereocenters. The van der Waals surface area contributed by atoms with Gasteiger partial charge in [0.25, 0.3) is 5.56 Å². The van der Waals surface area contributed by atoms with E-state index in [1.165, 1.54) is 6.07 Å². The first-order valence-corrected chi connectivity index (χ1v) is 10.2. The number of carbonyl (C=O) groups excluding carboxylic acids is 1. The van der Waals surface area contributed by atoms with E-state index in [4.69, 9.17) is 0 Å². The smallest absolute Gasteiger partial charge is 0.252 e. The Bertz CT molecular complexity index is 1060. The van der Waals surface area contributed by atoms with Gasteiger partial charge in [0.15, 0.2) is 0 Å². The van der Waals surface area contributed by atoms with Gasteiger partial charge in [-0.15, -0.1) is 0 Å². The van der Waals surface area contributed by atoms with Gasteiger partial charge in [0.1, 0.15) is 0 Å². The third-order valence-corrected chi connectivity index (χ3v) is 5.68. The molecule has 1 aromatic carbocycles. The molecule has 2 aromatic heterocycles. The van der Waals surface area contributed by atoms with Crippen molar-refractivity contribution in [3.8, 4) is 0 Å². The van der Waals surface area contributed by atoms with Crippen LogP contribution in [0.2, 0.25) is 0 Å². The summed E-state index contributed by atoms with van der Waals surface area (Å²) in [5.41, 5.74) is 2.35. The van der Waals surface area contributed by atoms with Gasteiger partial charge in [0.2, 0.25) is 11.9 Å². The van der Waals surface area contributed by atoms with Crippen LogP contribution in [0.25, 0.3) is 10.9 Å². The lowest BCUT2D eigenvalue weighted by Crippen LogP contribution is -2.36. The van der Waals surface area contributed by atoms with Gasteiger partial charge in [0, 0.05) is 36.3 Å². The van der Waals surface area contributed by atoms with Crippen molar-refractivity contribution in [2.75, 3.05) is 18.0 Å². The van der Waals surface area contributed by atoms with Crippen molar-refractivity contribution in [2.24, 2.45) is 5.92 Å². The Hall–Kier alpha value is -3.09. The number of H-pyrrole nitrogens is 2. The van der Waals surface area contributed by atoms with E-state index < -0.39 is 0 Å². The fourth-order valence-corrected chi connectivity index (χ4v) is 3.87. The summed E-state index contributed by atoms with van der Waals surface area (Å²) in [6.07, 6.45) is 4.32.